The molecule has 0 unspecified atom stereocenters. The Labute approximate surface area is 82.7 Å². The van der Waals surface area contributed by atoms with Crippen LogP contribution in [0.1, 0.15) is 30.9 Å². The second-order valence-corrected chi connectivity index (χ2v) is 3.44. The van der Waals surface area contributed by atoms with Crippen molar-refractivity contribution in [2.45, 2.75) is 26.4 Å². The lowest BCUT2D eigenvalue weighted by Gasteiger charge is -2.10. The van der Waals surface area contributed by atoms with Crippen molar-refractivity contribution in [3.05, 3.63) is 36.2 Å². The molecule has 0 saturated heterocycles. The van der Waals surface area contributed by atoms with Crippen LogP contribution in [-0.4, -0.2) is 6.61 Å². The predicted molar refractivity (Wildman–Crippen MR) is 51.6 cm³/mol. The summed E-state index contributed by atoms with van der Waals surface area (Å²) in [4.78, 5) is 0. The molecule has 0 bridgehead atoms. The maximum Gasteiger partial charge on any atom is 0.387 e. The molecular formula is C11H13F2O. The Hall–Kier alpha value is -1.12. The highest BCUT2D eigenvalue weighted by Crippen LogP contribution is 2.23. The van der Waals surface area contributed by atoms with Crippen LogP contribution < -0.4 is 4.74 Å². The summed E-state index contributed by atoms with van der Waals surface area (Å²) in [6.07, 6.45) is 0. The number of hydrogen-bond acceptors (Lipinski definition) is 1. The number of ether oxygens (including phenoxy) is 1. The predicted octanol–water partition coefficient (Wildman–Crippen LogP) is 3.59. The molecule has 1 radical (unpaired) electrons. The van der Waals surface area contributed by atoms with Crippen molar-refractivity contribution in [2.75, 3.05) is 0 Å². The van der Waals surface area contributed by atoms with E-state index in [4.69, 9.17) is 0 Å². The van der Waals surface area contributed by atoms with Gasteiger partial charge < -0.3 is 4.74 Å². The zero-order valence-electron chi connectivity index (χ0n) is 8.26. The molecule has 0 N–H and O–H groups in total. The Morgan fingerprint density at radius 3 is 2.36 bits per heavy atom. The van der Waals surface area contributed by atoms with Crippen LogP contribution in [0.3, 0.4) is 0 Å². The third kappa shape index (κ3) is 2.98. The average molecular weight is 199 g/mol. The highest BCUT2D eigenvalue weighted by atomic mass is 19.3. The fraction of sp³-hybridized carbons (Fsp3) is 0.364. The van der Waals surface area contributed by atoms with Gasteiger partial charge in [0.05, 0.1) is 0 Å². The standard InChI is InChI=1S/C11H13F2O/c1-7(2)9-4-8(3)5-10(6-9)14-11(12)13/h4-7,11H,3H2,1-2H3. The molecule has 0 aliphatic carbocycles. The number of halogens is 2. The van der Waals surface area contributed by atoms with Gasteiger partial charge in [0.2, 0.25) is 0 Å². The minimum absolute atomic E-state index is 0.177. The first-order valence-electron chi connectivity index (χ1n) is 4.41. The fourth-order valence-corrected chi connectivity index (χ4v) is 1.19. The first-order chi connectivity index (χ1) is 6.49. The summed E-state index contributed by atoms with van der Waals surface area (Å²) in [6.45, 7) is 4.90. The minimum atomic E-state index is -2.78. The molecule has 1 aromatic carbocycles. The maximum atomic E-state index is 11.9. The van der Waals surface area contributed by atoms with Gasteiger partial charge in [-0.2, -0.15) is 8.78 Å². The van der Waals surface area contributed by atoms with Gasteiger partial charge in [0.1, 0.15) is 5.75 Å². The van der Waals surface area contributed by atoms with Gasteiger partial charge in [-0.1, -0.05) is 19.9 Å². The fourth-order valence-electron chi connectivity index (χ4n) is 1.19. The lowest BCUT2D eigenvalue weighted by Crippen LogP contribution is -2.03. The summed E-state index contributed by atoms with van der Waals surface area (Å²) >= 11 is 0. The molecule has 0 heterocycles. The van der Waals surface area contributed by atoms with Gasteiger partial charge in [-0.3, -0.25) is 0 Å². The smallest absolute Gasteiger partial charge is 0.387 e. The van der Waals surface area contributed by atoms with Gasteiger partial charge in [0, 0.05) is 0 Å². The van der Waals surface area contributed by atoms with Crippen LogP contribution >= 0.6 is 0 Å². The molecule has 1 nitrogen and oxygen atoms in total. The highest BCUT2D eigenvalue weighted by molar-refractivity contribution is 5.37. The van der Waals surface area contributed by atoms with Crippen LogP contribution in [0.4, 0.5) is 8.78 Å². The SMILES string of the molecule is [CH2]c1cc(OC(F)F)cc(C(C)C)c1. The minimum Gasteiger partial charge on any atom is -0.435 e. The second-order valence-electron chi connectivity index (χ2n) is 3.44. The van der Waals surface area contributed by atoms with Crippen molar-refractivity contribution in [3.8, 4) is 5.75 Å². The normalized spacial score (nSPS) is 11.1. The van der Waals surface area contributed by atoms with E-state index in [0.29, 0.717) is 5.56 Å². The summed E-state index contributed by atoms with van der Waals surface area (Å²) in [5.41, 5.74) is 1.64. The van der Waals surface area contributed by atoms with E-state index in [9.17, 15) is 8.78 Å². The zero-order valence-corrected chi connectivity index (χ0v) is 8.26. The Bertz CT molecular complexity index is 308. The number of hydrogen-bond donors (Lipinski definition) is 0. The summed E-state index contributed by atoms with van der Waals surface area (Å²) < 4.78 is 28.2. The molecule has 0 amide bonds. The number of alkyl halides is 2. The number of benzene rings is 1. The monoisotopic (exact) mass is 199 g/mol. The molecule has 77 valence electrons. The largest absolute Gasteiger partial charge is 0.435 e. The van der Waals surface area contributed by atoms with Crippen LogP contribution in [0.15, 0.2) is 18.2 Å². The van der Waals surface area contributed by atoms with Crippen molar-refractivity contribution in [1.82, 2.24) is 0 Å². The number of rotatable bonds is 3. The second kappa shape index (κ2) is 4.40. The van der Waals surface area contributed by atoms with Crippen LogP contribution in [-0.2, 0) is 0 Å². The molecule has 3 heteroatoms. The molecule has 0 fully saturated rings. The molecule has 0 aliphatic heterocycles. The van der Waals surface area contributed by atoms with E-state index in [2.05, 4.69) is 11.7 Å². The molecule has 1 rings (SSSR count). The Balaban J connectivity index is 2.95. The van der Waals surface area contributed by atoms with Gasteiger partial charge in [0.15, 0.2) is 0 Å². The first kappa shape index (κ1) is 11.0. The van der Waals surface area contributed by atoms with Gasteiger partial charge >= 0.3 is 6.61 Å². The molecule has 1 aromatic rings. The Morgan fingerprint density at radius 1 is 1.21 bits per heavy atom. The summed E-state index contributed by atoms with van der Waals surface area (Å²) in [7, 11) is 0. The lowest BCUT2D eigenvalue weighted by atomic mass is 10.0. The van der Waals surface area contributed by atoms with Crippen molar-refractivity contribution in [1.29, 1.82) is 0 Å². The quantitative estimate of drug-likeness (QED) is 0.722. The third-order valence-electron chi connectivity index (χ3n) is 1.88. The Kier molecular flexibility index (Phi) is 3.44. The van der Waals surface area contributed by atoms with Crippen molar-refractivity contribution in [2.24, 2.45) is 0 Å². The molecule has 0 aliphatic rings. The van der Waals surface area contributed by atoms with E-state index in [1.807, 2.05) is 19.9 Å². The molecule has 14 heavy (non-hydrogen) atoms. The average Bonchev–Trinajstić information content (AvgIpc) is 2.01. The molecule has 0 spiro atoms. The molecule has 0 aromatic heterocycles. The van der Waals surface area contributed by atoms with E-state index in [1.165, 1.54) is 6.07 Å². The van der Waals surface area contributed by atoms with E-state index in [1.54, 1.807) is 6.07 Å². The zero-order chi connectivity index (χ0) is 10.7. The summed E-state index contributed by atoms with van der Waals surface area (Å²) in [5.74, 6) is 0.452. The van der Waals surface area contributed by atoms with E-state index in [0.717, 1.165) is 5.56 Å². The van der Waals surface area contributed by atoms with E-state index >= 15 is 0 Å². The van der Waals surface area contributed by atoms with E-state index < -0.39 is 6.61 Å². The van der Waals surface area contributed by atoms with E-state index in [-0.39, 0.29) is 11.7 Å². The van der Waals surface area contributed by atoms with Crippen LogP contribution in [0.25, 0.3) is 0 Å². The van der Waals surface area contributed by atoms with Crippen LogP contribution in [0.2, 0.25) is 0 Å². The van der Waals surface area contributed by atoms with Gasteiger partial charge in [-0.25, -0.2) is 0 Å². The van der Waals surface area contributed by atoms with Gasteiger partial charge in [0.25, 0.3) is 0 Å². The van der Waals surface area contributed by atoms with Crippen molar-refractivity contribution in [3.63, 3.8) is 0 Å². The van der Waals surface area contributed by atoms with Crippen LogP contribution in [0, 0.1) is 6.92 Å². The van der Waals surface area contributed by atoms with Crippen molar-refractivity contribution < 1.29 is 13.5 Å². The van der Waals surface area contributed by atoms with Crippen LogP contribution in [0.5, 0.6) is 5.75 Å². The third-order valence-corrected chi connectivity index (χ3v) is 1.88. The summed E-state index contributed by atoms with van der Waals surface area (Å²) in [5, 5.41) is 0. The molecule has 0 atom stereocenters. The van der Waals surface area contributed by atoms with Gasteiger partial charge in [-0.05, 0) is 36.1 Å². The maximum absolute atomic E-state index is 11.9. The molecular weight excluding hydrogens is 186 g/mol. The van der Waals surface area contributed by atoms with Crippen molar-refractivity contribution >= 4 is 0 Å². The topological polar surface area (TPSA) is 9.23 Å². The summed E-state index contributed by atoms with van der Waals surface area (Å²) in [6, 6.07) is 4.98. The highest BCUT2D eigenvalue weighted by Gasteiger charge is 2.07. The first-order valence-corrected chi connectivity index (χ1v) is 4.41. The Morgan fingerprint density at radius 2 is 1.86 bits per heavy atom. The molecule has 0 saturated carbocycles. The lowest BCUT2D eigenvalue weighted by molar-refractivity contribution is -0.0499. The van der Waals surface area contributed by atoms with Gasteiger partial charge in [-0.15, -0.1) is 0 Å².